The van der Waals surface area contributed by atoms with Gasteiger partial charge in [-0.2, -0.15) is 5.10 Å². The molecule has 3 aromatic heterocycles. The Balaban J connectivity index is 1.52. The van der Waals surface area contributed by atoms with Crippen molar-refractivity contribution >= 4 is 44.0 Å². The molecular weight excluding hydrogens is 474 g/mol. The number of anilines is 2. The minimum absolute atomic E-state index is 0.00290. The lowest BCUT2D eigenvalue weighted by atomic mass is 10.0. The van der Waals surface area contributed by atoms with Crippen molar-refractivity contribution < 1.29 is 18.3 Å². The molecule has 1 aliphatic rings. The fraction of sp³-hybridized carbons (Fsp3) is 0.250. The summed E-state index contributed by atoms with van der Waals surface area (Å²) >= 11 is 1.21. The van der Waals surface area contributed by atoms with Gasteiger partial charge in [-0.05, 0) is 25.1 Å². The predicted octanol–water partition coefficient (Wildman–Crippen LogP) is 5.08. The fourth-order valence-corrected chi connectivity index (χ4v) is 4.79. The van der Waals surface area contributed by atoms with E-state index in [0.29, 0.717) is 45.5 Å². The minimum atomic E-state index is -0.561. The molecule has 0 unspecified atom stereocenters. The fourth-order valence-electron chi connectivity index (χ4n) is 4.07. The van der Waals surface area contributed by atoms with Crippen LogP contribution in [0.3, 0.4) is 0 Å². The van der Waals surface area contributed by atoms with E-state index < -0.39 is 11.6 Å². The quantitative estimate of drug-likeness (QED) is 0.352. The highest BCUT2D eigenvalue weighted by Crippen LogP contribution is 2.41. The molecule has 1 aliphatic heterocycles. The van der Waals surface area contributed by atoms with E-state index in [0.717, 1.165) is 0 Å². The average Bonchev–Trinajstić information content (AvgIpc) is 3.45. The Morgan fingerprint density at radius 1 is 1.17 bits per heavy atom. The lowest BCUT2D eigenvalue weighted by molar-refractivity contribution is -0.0779. The number of nitrogens with zero attached hydrogens (tertiary/aromatic N) is 5. The summed E-state index contributed by atoms with van der Waals surface area (Å²) in [6.07, 6.45) is 4.34. The van der Waals surface area contributed by atoms with Crippen LogP contribution in [0.25, 0.3) is 32.2 Å². The predicted molar refractivity (Wildman–Crippen MR) is 129 cm³/mol. The van der Waals surface area contributed by atoms with Crippen LogP contribution in [0.4, 0.5) is 20.3 Å². The van der Waals surface area contributed by atoms with Gasteiger partial charge >= 0.3 is 0 Å². The highest BCUT2D eigenvalue weighted by atomic mass is 32.1. The summed E-state index contributed by atoms with van der Waals surface area (Å²) in [5, 5.41) is 7.51. The minimum Gasteiger partial charge on any atom is -0.486 e. The number of nitrogens with one attached hydrogen (secondary N) is 1. The summed E-state index contributed by atoms with van der Waals surface area (Å²) in [5.74, 6) is -0.635. The van der Waals surface area contributed by atoms with E-state index in [2.05, 4.69) is 25.4 Å². The summed E-state index contributed by atoms with van der Waals surface area (Å²) < 4.78 is 44.7. The maximum absolute atomic E-state index is 16.1. The van der Waals surface area contributed by atoms with Crippen LogP contribution in [-0.2, 0) is 11.8 Å². The molecule has 0 radical (unpaired) electrons. The molecule has 0 spiro atoms. The Morgan fingerprint density at radius 2 is 2.03 bits per heavy atom. The van der Waals surface area contributed by atoms with E-state index in [1.165, 1.54) is 17.7 Å². The third-order valence-corrected chi connectivity index (χ3v) is 6.99. The molecule has 1 N–H and O–H groups in total. The molecule has 35 heavy (non-hydrogen) atoms. The van der Waals surface area contributed by atoms with Crippen LogP contribution >= 0.6 is 11.3 Å². The lowest BCUT2D eigenvalue weighted by Crippen LogP contribution is -2.39. The normalized spacial score (nSPS) is 14.9. The lowest BCUT2D eigenvalue weighted by Gasteiger charge is -2.32. The van der Waals surface area contributed by atoms with E-state index in [4.69, 9.17) is 9.47 Å². The first-order valence-corrected chi connectivity index (χ1v) is 11.9. The van der Waals surface area contributed by atoms with Gasteiger partial charge in [-0.3, -0.25) is 4.68 Å². The molecule has 1 saturated heterocycles. The Hall–Kier alpha value is -3.70. The van der Waals surface area contributed by atoms with Gasteiger partial charge in [0.15, 0.2) is 17.4 Å². The highest BCUT2D eigenvalue weighted by molar-refractivity contribution is 7.16. The molecule has 0 saturated carbocycles. The number of fused-ring (bicyclic) bond motifs is 2. The van der Waals surface area contributed by atoms with Crippen LogP contribution in [0.1, 0.15) is 6.92 Å². The molecule has 8 nitrogen and oxygen atoms in total. The zero-order valence-corrected chi connectivity index (χ0v) is 19.6. The van der Waals surface area contributed by atoms with Crippen molar-refractivity contribution in [1.29, 1.82) is 0 Å². The number of hydrogen-bond acceptors (Lipinski definition) is 8. The van der Waals surface area contributed by atoms with Crippen LogP contribution in [0.2, 0.25) is 0 Å². The summed E-state index contributed by atoms with van der Waals surface area (Å²) in [4.78, 5) is 12.8. The molecule has 1 fully saturated rings. The molecule has 4 heterocycles. The van der Waals surface area contributed by atoms with Crippen LogP contribution in [0.5, 0.6) is 5.75 Å². The zero-order valence-electron chi connectivity index (χ0n) is 18.8. The largest absolute Gasteiger partial charge is 0.486 e. The van der Waals surface area contributed by atoms with Gasteiger partial charge in [0.25, 0.3) is 0 Å². The summed E-state index contributed by atoms with van der Waals surface area (Å²) in [7, 11) is 1.76. The molecule has 178 valence electrons. The molecule has 2 aromatic carbocycles. The topological polar surface area (TPSA) is 87.0 Å². The van der Waals surface area contributed by atoms with Crippen LogP contribution in [0.15, 0.2) is 42.4 Å². The number of halogens is 2. The van der Waals surface area contributed by atoms with Gasteiger partial charge < -0.3 is 14.8 Å². The van der Waals surface area contributed by atoms with Gasteiger partial charge in [-0.1, -0.05) is 0 Å². The van der Waals surface area contributed by atoms with Gasteiger partial charge in [-0.25, -0.2) is 23.7 Å². The number of thiazole rings is 1. The Kier molecular flexibility index (Phi) is 5.30. The van der Waals surface area contributed by atoms with E-state index in [1.54, 1.807) is 47.8 Å². The molecule has 0 bridgehead atoms. The second kappa shape index (κ2) is 8.51. The maximum Gasteiger partial charge on any atom is 0.173 e. The average molecular weight is 495 g/mol. The summed E-state index contributed by atoms with van der Waals surface area (Å²) in [5.41, 5.74) is 3.70. The van der Waals surface area contributed by atoms with Crippen molar-refractivity contribution in [2.75, 3.05) is 18.5 Å². The van der Waals surface area contributed by atoms with Crippen LogP contribution in [-0.4, -0.2) is 44.1 Å². The summed E-state index contributed by atoms with van der Waals surface area (Å²) in [6.45, 7) is 2.97. The second-order valence-electron chi connectivity index (χ2n) is 8.46. The first-order valence-electron chi connectivity index (χ1n) is 11.0. The first-order chi connectivity index (χ1) is 17.0. The van der Waals surface area contributed by atoms with Crippen molar-refractivity contribution in [3.63, 3.8) is 0 Å². The second-order valence-corrected chi connectivity index (χ2v) is 9.31. The summed E-state index contributed by atoms with van der Waals surface area (Å²) in [6, 6.07) is 4.93. The molecule has 5 aromatic rings. The van der Waals surface area contributed by atoms with Crippen molar-refractivity contribution in [2.24, 2.45) is 13.0 Å². The molecule has 6 rings (SSSR count). The van der Waals surface area contributed by atoms with Crippen molar-refractivity contribution in [3.8, 4) is 16.9 Å². The number of benzene rings is 2. The number of aromatic nitrogens is 5. The molecule has 0 aliphatic carbocycles. The van der Waals surface area contributed by atoms with Gasteiger partial charge in [0.2, 0.25) is 0 Å². The monoisotopic (exact) mass is 494 g/mol. The van der Waals surface area contributed by atoms with Gasteiger partial charge in [0.1, 0.15) is 18.2 Å². The third-order valence-electron chi connectivity index (χ3n) is 6.16. The smallest absolute Gasteiger partial charge is 0.173 e. The zero-order chi connectivity index (χ0) is 24.1. The van der Waals surface area contributed by atoms with Gasteiger partial charge in [-0.15, -0.1) is 11.3 Å². The van der Waals surface area contributed by atoms with E-state index >= 15 is 8.78 Å². The number of hydrogen-bond donors (Lipinski definition) is 1. The number of rotatable bonds is 6. The van der Waals surface area contributed by atoms with E-state index in [-0.39, 0.29) is 29.3 Å². The first kappa shape index (κ1) is 21.8. The number of aryl methyl sites for hydroxylation is 1. The Bertz CT molecular complexity index is 1570. The molecule has 11 heteroatoms. The van der Waals surface area contributed by atoms with Gasteiger partial charge in [0, 0.05) is 30.3 Å². The van der Waals surface area contributed by atoms with Crippen molar-refractivity contribution in [3.05, 3.63) is 54.1 Å². The van der Waals surface area contributed by atoms with Crippen LogP contribution < -0.4 is 10.1 Å². The Labute approximate surface area is 202 Å². The van der Waals surface area contributed by atoms with Gasteiger partial charge in [0.05, 0.1) is 51.7 Å². The van der Waals surface area contributed by atoms with Crippen molar-refractivity contribution in [1.82, 2.24) is 24.7 Å². The third kappa shape index (κ3) is 3.76. The SMILES string of the molecule is C[C@H](Oc1c(F)c(-c2cnn(C)c2)cc2ncnc(Nc3ccc4ncsc4c3F)c12)C1COC1. The Morgan fingerprint density at radius 3 is 2.77 bits per heavy atom. The molecule has 1 atom stereocenters. The van der Waals surface area contributed by atoms with Crippen molar-refractivity contribution in [2.45, 2.75) is 13.0 Å². The molecule has 0 amide bonds. The van der Waals surface area contributed by atoms with Crippen LogP contribution in [0, 0.1) is 17.6 Å². The maximum atomic E-state index is 16.1. The highest BCUT2D eigenvalue weighted by Gasteiger charge is 2.30. The van der Waals surface area contributed by atoms with E-state index in [1.807, 2.05) is 6.92 Å². The molecular formula is C24H20F2N6O2S. The number of ether oxygens (including phenoxy) is 2. The van der Waals surface area contributed by atoms with E-state index in [9.17, 15) is 0 Å². The standard InChI is InChI=1S/C24H20F2N6O2S/c1-12(14-8-33-9-14)34-22-19-18(5-15(20(22)25)13-6-30-32(2)7-13)27-10-28-24(19)31-16-3-4-17-23(21(16)26)35-11-29-17/h3-7,10-12,14H,8-9H2,1-2H3,(H,27,28,31)/t12-/m0/s1.